The van der Waals surface area contributed by atoms with Crippen molar-refractivity contribution in [1.29, 1.82) is 0 Å². The summed E-state index contributed by atoms with van der Waals surface area (Å²) in [5.41, 5.74) is 8.15. The summed E-state index contributed by atoms with van der Waals surface area (Å²) in [6.45, 7) is 3.51. The number of carbonyl (C=O) groups excluding carboxylic acids is 2. The van der Waals surface area contributed by atoms with Crippen molar-refractivity contribution >= 4 is 12.0 Å². The molecule has 3 saturated heterocycles. The van der Waals surface area contributed by atoms with E-state index in [9.17, 15) is 9.59 Å². The van der Waals surface area contributed by atoms with Gasteiger partial charge in [-0.1, -0.05) is 30.3 Å². The maximum atomic E-state index is 12.7. The molecule has 1 aromatic carbocycles. The van der Waals surface area contributed by atoms with Crippen LogP contribution in [-0.2, 0) is 16.0 Å². The molecule has 0 bridgehead atoms. The fourth-order valence-electron chi connectivity index (χ4n) is 4.53. The van der Waals surface area contributed by atoms with Crippen molar-refractivity contribution in [2.24, 2.45) is 11.8 Å². The van der Waals surface area contributed by atoms with Crippen LogP contribution >= 0.6 is 0 Å². The van der Waals surface area contributed by atoms with E-state index in [4.69, 9.17) is 4.74 Å². The molecule has 7 nitrogen and oxygen atoms in total. The second kappa shape index (κ2) is 8.27. The van der Waals surface area contributed by atoms with Crippen LogP contribution in [0.2, 0.25) is 0 Å². The summed E-state index contributed by atoms with van der Waals surface area (Å²) in [4.78, 5) is 27.7. The van der Waals surface area contributed by atoms with Crippen LogP contribution in [0.4, 0.5) is 4.79 Å². The van der Waals surface area contributed by atoms with Crippen molar-refractivity contribution in [2.75, 3.05) is 39.3 Å². The van der Waals surface area contributed by atoms with Crippen LogP contribution in [0.3, 0.4) is 0 Å². The predicted octanol–water partition coefficient (Wildman–Crippen LogP) is 1.01. The number of carbonyl (C=O) groups is 2. The van der Waals surface area contributed by atoms with E-state index in [1.54, 1.807) is 0 Å². The van der Waals surface area contributed by atoms with Crippen molar-refractivity contribution in [3.05, 3.63) is 35.9 Å². The molecule has 0 aromatic heterocycles. The van der Waals surface area contributed by atoms with Gasteiger partial charge in [-0.05, 0) is 36.7 Å². The normalized spacial score (nSPS) is 28.4. The molecule has 0 saturated carbocycles. The maximum Gasteiger partial charge on any atom is 0.410 e. The van der Waals surface area contributed by atoms with Crippen LogP contribution < -0.4 is 10.9 Å². The van der Waals surface area contributed by atoms with E-state index in [0.717, 1.165) is 38.9 Å². The number of nitrogens with one attached hydrogen (secondary N) is 2. The number of likely N-dealkylation sites (tertiary alicyclic amines) is 1. The Balaban J connectivity index is 1.35. The van der Waals surface area contributed by atoms with E-state index < -0.39 is 0 Å². The average Bonchev–Trinajstić information content (AvgIpc) is 3.32. The van der Waals surface area contributed by atoms with E-state index in [2.05, 4.69) is 35.1 Å². The lowest BCUT2D eigenvalue weighted by molar-refractivity contribution is -0.133. The minimum absolute atomic E-state index is 0.0316. The lowest BCUT2D eigenvalue weighted by Gasteiger charge is -2.37. The molecule has 3 unspecified atom stereocenters. The second-order valence-corrected chi connectivity index (χ2v) is 7.78. The predicted molar refractivity (Wildman–Crippen MR) is 101 cm³/mol. The van der Waals surface area contributed by atoms with Crippen molar-refractivity contribution in [3.63, 3.8) is 0 Å². The zero-order valence-corrected chi connectivity index (χ0v) is 15.6. The number of piperidine rings is 1. The van der Waals surface area contributed by atoms with Crippen molar-refractivity contribution in [1.82, 2.24) is 20.7 Å². The van der Waals surface area contributed by atoms with E-state index >= 15 is 0 Å². The molecule has 0 radical (unpaired) electrons. The molecule has 1 aromatic rings. The van der Waals surface area contributed by atoms with Gasteiger partial charge in [-0.2, -0.15) is 0 Å². The minimum atomic E-state index is -0.374. The molecule has 3 aliphatic rings. The number of hydrazine groups is 1. The van der Waals surface area contributed by atoms with Gasteiger partial charge in [-0.3, -0.25) is 20.5 Å². The third kappa shape index (κ3) is 4.25. The summed E-state index contributed by atoms with van der Waals surface area (Å²) >= 11 is 0. The van der Waals surface area contributed by atoms with Crippen LogP contribution in [0.25, 0.3) is 0 Å². The lowest BCUT2D eigenvalue weighted by atomic mass is 9.81. The van der Waals surface area contributed by atoms with Gasteiger partial charge >= 0.3 is 6.09 Å². The first-order valence-corrected chi connectivity index (χ1v) is 9.92. The largest absolute Gasteiger partial charge is 0.448 e. The number of ether oxygens (including phenoxy) is 1. The monoisotopic (exact) mass is 372 g/mol. The van der Waals surface area contributed by atoms with Crippen LogP contribution in [-0.4, -0.2) is 67.2 Å². The van der Waals surface area contributed by atoms with E-state index in [1.165, 1.54) is 10.5 Å². The van der Waals surface area contributed by atoms with E-state index in [0.29, 0.717) is 31.0 Å². The molecule has 3 fully saturated rings. The Labute approximate surface area is 160 Å². The summed E-state index contributed by atoms with van der Waals surface area (Å²) < 4.78 is 4.92. The van der Waals surface area contributed by atoms with Gasteiger partial charge < -0.3 is 9.64 Å². The quantitative estimate of drug-likeness (QED) is 0.807. The van der Waals surface area contributed by atoms with Gasteiger partial charge in [0.15, 0.2) is 0 Å². The first kappa shape index (κ1) is 18.3. The third-order valence-electron chi connectivity index (χ3n) is 5.97. The van der Waals surface area contributed by atoms with Crippen molar-refractivity contribution in [3.8, 4) is 0 Å². The highest BCUT2D eigenvalue weighted by Gasteiger charge is 2.37. The molecule has 3 atom stereocenters. The molecule has 3 heterocycles. The minimum Gasteiger partial charge on any atom is -0.448 e. The lowest BCUT2D eigenvalue weighted by Crippen LogP contribution is -2.50. The molecule has 7 heteroatoms. The number of hydrogen-bond donors (Lipinski definition) is 2. The van der Waals surface area contributed by atoms with Crippen LogP contribution in [0.5, 0.6) is 0 Å². The van der Waals surface area contributed by atoms with Gasteiger partial charge in [-0.25, -0.2) is 4.79 Å². The summed E-state index contributed by atoms with van der Waals surface area (Å²) in [6, 6.07) is 10.9. The average molecular weight is 372 g/mol. The molecule has 4 rings (SSSR count). The molecular weight excluding hydrogens is 344 g/mol. The maximum absolute atomic E-state index is 12.7. The first-order chi connectivity index (χ1) is 13.2. The standard InChI is InChI=1S/C20H28N4O3/c25-18(14-24-9-10-27-20(24)26)23-8-4-7-16(13-23)19-17(12-21-22-19)11-15-5-2-1-3-6-15/h1-3,5-6,16-17,19,21-22H,4,7-14H2. The Bertz CT molecular complexity index is 668. The number of cyclic esters (lactones) is 1. The summed E-state index contributed by atoms with van der Waals surface area (Å²) in [5, 5.41) is 0. The number of rotatable bonds is 5. The molecule has 2 N–H and O–H groups in total. The van der Waals surface area contributed by atoms with Crippen LogP contribution in [0.15, 0.2) is 30.3 Å². The highest BCUT2D eigenvalue weighted by molar-refractivity contribution is 5.83. The first-order valence-electron chi connectivity index (χ1n) is 9.92. The highest BCUT2D eigenvalue weighted by atomic mass is 16.6. The smallest absolute Gasteiger partial charge is 0.410 e. The SMILES string of the molecule is O=C(CN1CCOC1=O)N1CCCC(C2NNCC2Cc2ccccc2)C1. The van der Waals surface area contributed by atoms with Gasteiger partial charge in [0.25, 0.3) is 0 Å². The van der Waals surface area contributed by atoms with Gasteiger partial charge in [-0.15, -0.1) is 0 Å². The molecule has 2 amide bonds. The number of benzene rings is 1. The molecule has 146 valence electrons. The van der Waals surface area contributed by atoms with E-state index in [1.807, 2.05) is 11.0 Å². The highest BCUT2D eigenvalue weighted by Crippen LogP contribution is 2.28. The Morgan fingerprint density at radius 3 is 2.85 bits per heavy atom. The molecule has 3 aliphatic heterocycles. The van der Waals surface area contributed by atoms with Crippen molar-refractivity contribution in [2.45, 2.75) is 25.3 Å². The molecule has 0 spiro atoms. The molecule has 0 aliphatic carbocycles. The van der Waals surface area contributed by atoms with E-state index in [-0.39, 0.29) is 18.5 Å². The Morgan fingerprint density at radius 1 is 1.22 bits per heavy atom. The van der Waals surface area contributed by atoms with Gasteiger partial charge in [0.05, 0.1) is 6.54 Å². The number of hydrogen-bond acceptors (Lipinski definition) is 5. The molecular formula is C20H28N4O3. The Hall–Kier alpha value is -2.12. The van der Waals surface area contributed by atoms with Gasteiger partial charge in [0.2, 0.25) is 5.91 Å². The van der Waals surface area contributed by atoms with Crippen LogP contribution in [0, 0.1) is 11.8 Å². The number of nitrogens with zero attached hydrogens (tertiary/aromatic N) is 2. The fourth-order valence-corrected chi connectivity index (χ4v) is 4.53. The zero-order valence-electron chi connectivity index (χ0n) is 15.6. The molecule has 27 heavy (non-hydrogen) atoms. The van der Waals surface area contributed by atoms with Crippen LogP contribution in [0.1, 0.15) is 18.4 Å². The second-order valence-electron chi connectivity index (χ2n) is 7.78. The summed E-state index contributed by atoms with van der Waals surface area (Å²) in [6.07, 6.45) is 2.80. The van der Waals surface area contributed by atoms with Gasteiger partial charge in [0, 0.05) is 25.7 Å². The summed E-state index contributed by atoms with van der Waals surface area (Å²) in [7, 11) is 0. The summed E-state index contributed by atoms with van der Waals surface area (Å²) in [5.74, 6) is 0.974. The third-order valence-corrected chi connectivity index (χ3v) is 5.97. The Kier molecular flexibility index (Phi) is 5.59. The Morgan fingerprint density at radius 2 is 2.07 bits per heavy atom. The fraction of sp³-hybridized carbons (Fsp3) is 0.600. The zero-order chi connectivity index (χ0) is 18.6. The van der Waals surface area contributed by atoms with Gasteiger partial charge in [0.1, 0.15) is 13.2 Å². The topological polar surface area (TPSA) is 73.9 Å². The van der Waals surface area contributed by atoms with Crippen molar-refractivity contribution < 1.29 is 14.3 Å². The number of amides is 2.